The van der Waals surface area contributed by atoms with Crippen molar-refractivity contribution in [3.05, 3.63) is 0 Å². The van der Waals surface area contributed by atoms with Gasteiger partial charge in [-0.25, -0.2) is 0 Å². The Labute approximate surface area is 115 Å². The first kappa shape index (κ1) is 17.9. The van der Waals surface area contributed by atoms with E-state index in [-0.39, 0.29) is 12.5 Å². The number of hydrogen-bond donors (Lipinski definition) is 2. The fraction of sp³-hybridized carbons (Fsp3) is 0.846. The predicted octanol–water partition coefficient (Wildman–Crippen LogP) is 0.572. The van der Waals surface area contributed by atoms with Crippen LogP contribution in [0.2, 0.25) is 0 Å². The molecule has 0 rings (SSSR count). The van der Waals surface area contributed by atoms with Crippen LogP contribution >= 0.6 is 0 Å². The number of amides is 1. The fourth-order valence-electron chi connectivity index (χ4n) is 1.58. The Bertz CT molecular complexity index is 271. The summed E-state index contributed by atoms with van der Waals surface area (Å²) in [7, 11) is 1.58. The van der Waals surface area contributed by atoms with Gasteiger partial charge in [-0.1, -0.05) is 20.3 Å². The Hall–Kier alpha value is -1.14. The molecule has 0 aromatic carbocycles. The maximum Gasteiger partial charge on any atom is 0.307 e. The number of methoxy groups -OCH3 is 1. The molecule has 0 fully saturated rings. The van der Waals surface area contributed by atoms with Gasteiger partial charge in [0.1, 0.15) is 0 Å². The van der Waals surface area contributed by atoms with Gasteiger partial charge in [-0.15, -0.1) is 0 Å². The molecule has 1 atom stereocenters. The number of carbonyl (C=O) groups is 2. The Morgan fingerprint density at radius 3 is 2.63 bits per heavy atom. The van der Waals surface area contributed by atoms with Crippen LogP contribution in [-0.2, 0) is 14.3 Å². The first-order chi connectivity index (χ1) is 9.01. The number of carbonyl (C=O) groups excluding carboxylic acids is 1. The van der Waals surface area contributed by atoms with Crippen LogP contribution in [-0.4, -0.2) is 61.8 Å². The van der Waals surface area contributed by atoms with Crippen molar-refractivity contribution in [2.75, 3.05) is 39.9 Å². The minimum absolute atomic E-state index is 0.0675. The summed E-state index contributed by atoms with van der Waals surface area (Å²) in [6.07, 6.45) is 1.99. The molecular formula is C13H26N2O4. The largest absolute Gasteiger partial charge is 0.481 e. The highest BCUT2D eigenvalue weighted by molar-refractivity contribution is 5.78. The van der Waals surface area contributed by atoms with Crippen LogP contribution in [0.5, 0.6) is 0 Å². The number of hydrogen-bond acceptors (Lipinski definition) is 4. The van der Waals surface area contributed by atoms with Crippen molar-refractivity contribution in [1.29, 1.82) is 0 Å². The molecule has 2 N–H and O–H groups in total. The third-order valence-corrected chi connectivity index (χ3v) is 2.78. The minimum Gasteiger partial charge on any atom is -0.481 e. The maximum atomic E-state index is 11.7. The zero-order chi connectivity index (χ0) is 14.7. The molecule has 0 saturated heterocycles. The van der Waals surface area contributed by atoms with Crippen molar-refractivity contribution in [2.24, 2.45) is 5.92 Å². The molecule has 6 heteroatoms. The summed E-state index contributed by atoms with van der Waals surface area (Å²) in [6, 6.07) is 0. The molecule has 112 valence electrons. The van der Waals surface area contributed by atoms with E-state index in [9.17, 15) is 9.59 Å². The summed E-state index contributed by atoms with van der Waals surface area (Å²) in [5.41, 5.74) is 0. The molecular weight excluding hydrogens is 248 g/mol. The maximum absolute atomic E-state index is 11.7. The number of nitrogens with zero attached hydrogens (tertiary/aromatic N) is 1. The number of unbranched alkanes of at least 4 members (excludes halogenated alkanes) is 1. The van der Waals surface area contributed by atoms with Crippen LogP contribution in [0.15, 0.2) is 0 Å². The standard InChI is InChI=1S/C13H26N2O4/c1-4-5-6-14-12(16)10-15(7-8-19-3)9-11(2)13(17)18/h11H,4-10H2,1-3H3,(H,14,16)(H,17,18). The molecule has 0 spiro atoms. The van der Waals surface area contributed by atoms with Crippen molar-refractivity contribution >= 4 is 11.9 Å². The van der Waals surface area contributed by atoms with E-state index >= 15 is 0 Å². The topological polar surface area (TPSA) is 78.9 Å². The van der Waals surface area contributed by atoms with Gasteiger partial charge in [-0.3, -0.25) is 14.5 Å². The summed E-state index contributed by atoms with van der Waals surface area (Å²) in [6.45, 7) is 5.96. The average molecular weight is 274 g/mol. The van der Waals surface area contributed by atoms with Crippen molar-refractivity contribution in [1.82, 2.24) is 10.2 Å². The molecule has 1 unspecified atom stereocenters. The van der Waals surface area contributed by atoms with Gasteiger partial charge in [-0.2, -0.15) is 0 Å². The van der Waals surface area contributed by atoms with Gasteiger partial charge in [0.2, 0.25) is 5.91 Å². The van der Waals surface area contributed by atoms with Crippen LogP contribution in [0.1, 0.15) is 26.7 Å². The second kappa shape index (κ2) is 10.8. The van der Waals surface area contributed by atoms with E-state index in [0.29, 0.717) is 26.2 Å². The van der Waals surface area contributed by atoms with E-state index in [1.54, 1.807) is 14.0 Å². The SMILES string of the molecule is CCCCNC(=O)CN(CCOC)CC(C)C(=O)O. The lowest BCUT2D eigenvalue weighted by atomic mass is 10.1. The average Bonchev–Trinajstić information content (AvgIpc) is 2.36. The van der Waals surface area contributed by atoms with Crippen molar-refractivity contribution < 1.29 is 19.4 Å². The summed E-state index contributed by atoms with van der Waals surface area (Å²) >= 11 is 0. The quantitative estimate of drug-likeness (QED) is 0.539. The smallest absolute Gasteiger partial charge is 0.307 e. The van der Waals surface area contributed by atoms with Crippen LogP contribution in [0.3, 0.4) is 0 Å². The van der Waals surface area contributed by atoms with E-state index in [2.05, 4.69) is 12.2 Å². The van der Waals surface area contributed by atoms with E-state index in [4.69, 9.17) is 9.84 Å². The predicted molar refractivity (Wildman–Crippen MR) is 73.0 cm³/mol. The molecule has 0 aliphatic carbocycles. The lowest BCUT2D eigenvalue weighted by Crippen LogP contribution is -2.42. The highest BCUT2D eigenvalue weighted by Gasteiger charge is 2.18. The fourth-order valence-corrected chi connectivity index (χ4v) is 1.58. The zero-order valence-corrected chi connectivity index (χ0v) is 12.1. The van der Waals surface area contributed by atoms with Crippen molar-refractivity contribution in [3.63, 3.8) is 0 Å². The third-order valence-electron chi connectivity index (χ3n) is 2.78. The van der Waals surface area contributed by atoms with Crippen molar-refractivity contribution in [2.45, 2.75) is 26.7 Å². The number of carboxylic acids is 1. The minimum atomic E-state index is -0.853. The number of nitrogens with one attached hydrogen (secondary N) is 1. The van der Waals surface area contributed by atoms with E-state index < -0.39 is 11.9 Å². The zero-order valence-electron chi connectivity index (χ0n) is 12.1. The third kappa shape index (κ3) is 9.44. The number of rotatable bonds is 11. The van der Waals surface area contributed by atoms with Gasteiger partial charge in [0.25, 0.3) is 0 Å². The second-order valence-corrected chi connectivity index (χ2v) is 4.67. The summed E-state index contributed by atoms with van der Waals surface area (Å²) in [5.74, 6) is -1.42. The molecule has 0 aromatic heterocycles. The van der Waals surface area contributed by atoms with E-state index in [0.717, 1.165) is 12.8 Å². The Morgan fingerprint density at radius 1 is 1.42 bits per heavy atom. The van der Waals surface area contributed by atoms with Crippen LogP contribution in [0, 0.1) is 5.92 Å². The van der Waals surface area contributed by atoms with E-state index in [1.807, 2.05) is 4.90 Å². The van der Waals surface area contributed by atoms with Gasteiger partial charge in [-0.05, 0) is 6.42 Å². The second-order valence-electron chi connectivity index (χ2n) is 4.67. The molecule has 0 radical (unpaired) electrons. The Kier molecular flexibility index (Phi) is 10.1. The van der Waals surface area contributed by atoms with Crippen molar-refractivity contribution in [3.8, 4) is 0 Å². The molecule has 0 heterocycles. The number of carboxylic acid groups (broad SMARTS) is 1. The highest BCUT2D eigenvalue weighted by atomic mass is 16.5. The van der Waals surface area contributed by atoms with Gasteiger partial charge in [0.15, 0.2) is 0 Å². The summed E-state index contributed by atoms with van der Waals surface area (Å²) in [5, 5.41) is 11.7. The monoisotopic (exact) mass is 274 g/mol. The lowest BCUT2D eigenvalue weighted by molar-refractivity contribution is -0.142. The number of aliphatic carboxylic acids is 1. The van der Waals surface area contributed by atoms with Gasteiger partial charge in [0, 0.05) is 26.7 Å². The molecule has 0 aliphatic rings. The van der Waals surface area contributed by atoms with Crippen LogP contribution < -0.4 is 5.32 Å². The Morgan fingerprint density at radius 2 is 2.11 bits per heavy atom. The first-order valence-corrected chi connectivity index (χ1v) is 6.72. The Balaban J connectivity index is 4.17. The lowest BCUT2D eigenvalue weighted by Gasteiger charge is -2.23. The molecule has 1 amide bonds. The first-order valence-electron chi connectivity index (χ1n) is 6.72. The summed E-state index contributed by atoms with van der Waals surface area (Å²) in [4.78, 5) is 24.4. The normalized spacial score (nSPS) is 12.4. The van der Waals surface area contributed by atoms with E-state index in [1.165, 1.54) is 0 Å². The van der Waals surface area contributed by atoms with Gasteiger partial charge < -0.3 is 15.2 Å². The molecule has 19 heavy (non-hydrogen) atoms. The highest BCUT2D eigenvalue weighted by Crippen LogP contribution is 2.00. The molecule has 0 aliphatic heterocycles. The van der Waals surface area contributed by atoms with Crippen LogP contribution in [0.25, 0.3) is 0 Å². The van der Waals surface area contributed by atoms with Crippen LogP contribution in [0.4, 0.5) is 0 Å². The van der Waals surface area contributed by atoms with Gasteiger partial charge >= 0.3 is 5.97 Å². The molecule has 6 nitrogen and oxygen atoms in total. The van der Waals surface area contributed by atoms with Gasteiger partial charge in [0.05, 0.1) is 19.1 Å². The molecule has 0 bridgehead atoms. The molecule has 0 aromatic rings. The number of ether oxygens (including phenoxy) is 1. The summed E-state index contributed by atoms with van der Waals surface area (Å²) < 4.78 is 4.97. The molecule has 0 saturated carbocycles.